The summed E-state index contributed by atoms with van der Waals surface area (Å²) in [5, 5.41) is 16.0. The molecule has 1 aliphatic heterocycles. The standard InChI is InChI=1S/C12H9ClN2O2/c13-9-4-1-8(2-5-9)3-6-10-7-11(16)12(17)15-14-10/h1-7,11,16H/p+1. The summed E-state index contributed by atoms with van der Waals surface area (Å²) in [6.45, 7) is 0. The van der Waals surface area contributed by atoms with Gasteiger partial charge in [-0.2, -0.15) is 0 Å². The molecule has 1 atom stereocenters. The van der Waals surface area contributed by atoms with E-state index in [0.717, 1.165) is 5.56 Å². The van der Waals surface area contributed by atoms with Gasteiger partial charge in [0.15, 0.2) is 0 Å². The molecule has 0 saturated heterocycles. The molecule has 0 fully saturated rings. The maximum absolute atomic E-state index is 10.9. The monoisotopic (exact) mass is 249 g/mol. The van der Waals surface area contributed by atoms with Crippen molar-refractivity contribution in [1.82, 2.24) is 0 Å². The van der Waals surface area contributed by atoms with Gasteiger partial charge in [0.25, 0.3) is 0 Å². The van der Waals surface area contributed by atoms with Crippen LogP contribution in [0.25, 0.3) is 6.08 Å². The van der Waals surface area contributed by atoms with E-state index >= 15 is 0 Å². The Hall–Kier alpha value is -1.78. The molecule has 86 valence electrons. The Balaban J connectivity index is 2.12. The Bertz CT molecular complexity index is 518. The van der Waals surface area contributed by atoms with Crippen LogP contribution in [0.3, 0.4) is 0 Å². The second-order valence-electron chi connectivity index (χ2n) is 3.51. The number of carbonyl (C=O) groups is 1. The smallest absolute Gasteiger partial charge is 0.375 e. The third kappa shape index (κ3) is 3.09. The summed E-state index contributed by atoms with van der Waals surface area (Å²) >= 11 is 5.76. The van der Waals surface area contributed by atoms with E-state index in [-0.39, 0.29) is 0 Å². The number of hydrogen-bond acceptors (Lipinski definition) is 3. The lowest BCUT2D eigenvalue weighted by molar-refractivity contribution is -0.452. The van der Waals surface area contributed by atoms with E-state index in [4.69, 9.17) is 11.6 Å². The van der Waals surface area contributed by atoms with Crippen LogP contribution < -0.4 is 5.11 Å². The number of amides is 1. The zero-order valence-electron chi connectivity index (χ0n) is 8.80. The topological polar surface area (TPSA) is 63.6 Å². The summed E-state index contributed by atoms with van der Waals surface area (Å²) in [5.74, 6) is -0.520. The molecule has 4 nitrogen and oxygen atoms in total. The lowest BCUT2D eigenvalue weighted by Crippen LogP contribution is -2.75. The normalized spacial score (nSPS) is 19.8. The highest BCUT2D eigenvalue weighted by molar-refractivity contribution is 6.30. The Labute approximate surface area is 103 Å². The van der Waals surface area contributed by atoms with Gasteiger partial charge in [-0.3, -0.25) is 0 Å². The molecule has 0 bridgehead atoms. The summed E-state index contributed by atoms with van der Waals surface area (Å²) in [5.41, 5.74) is 1.46. The molecule has 0 aliphatic carbocycles. The summed E-state index contributed by atoms with van der Waals surface area (Å²) in [6, 6.07) is 7.28. The highest BCUT2D eigenvalue weighted by Crippen LogP contribution is 2.12. The Morgan fingerprint density at radius 3 is 2.65 bits per heavy atom. The molecule has 1 aromatic rings. The lowest BCUT2D eigenvalue weighted by atomic mass is 10.2. The molecule has 0 spiro atoms. The highest BCUT2D eigenvalue weighted by Gasteiger charge is 2.22. The summed E-state index contributed by atoms with van der Waals surface area (Å²) in [4.78, 5) is 10.9. The number of hydrogen-bond donors (Lipinski definition) is 2. The SMILES string of the molecule is O=C1[NH+]=NC(C=Cc2ccc(Cl)cc2)=CC1O. The fourth-order valence-electron chi connectivity index (χ4n) is 1.31. The van der Waals surface area contributed by atoms with E-state index < -0.39 is 12.0 Å². The number of carbonyl (C=O) groups excluding carboxylic acids is 1. The number of rotatable bonds is 2. The summed E-state index contributed by atoms with van der Waals surface area (Å²) in [7, 11) is 0. The predicted molar refractivity (Wildman–Crippen MR) is 63.0 cm³/mol. The average molecular weight is 250 g/mol. The van der Waals surface area contributed by atoms with Crippen molar-refractivity contribution in [2.45, 2.75) is 6.10 Å². The van der Waals surface area contributed by atoms with Crippen LogP contribution in [0.2, 0.25) is 5.02 Å². The second kappa shape index (κ2) is 5.03. The Morgan fingerprint density at radius 1 is 1.29 bits per heavy atom. The van der Waals surface area contributed by atoms with E-state index in [1.165, 1.54) is 6.08 Å². The van der Waals surface area contributed by atoms with Crippen LogP contribution in [0.4, 0.5) is 0 Å². The fourth-order valence-corrected chi connectivity index (χ4v) is 1.43. The van der Waals surface area contributed by atoms with Crippen LogP contribution in [-0.2, 0) is 4.79 Å². The summed E-state index contributed by atoms with van der Waals surface area (Å²) in [6.07, 6.45) is 3.75. The largest absolute Gasteiger partial charge is 0.442 e. The van der Waals surface area contributed by atoms with E-state index in [0.29, 0.717) is 10.7 Å². The number of allylic oxidation sites excluding steroid dienone is 1. The molecule has 1 aromatic carbocycles. The predicted octanol–water partition coefficient (Wildman–Crippen LogP) is 0.671. The van der Waals surface area contributed by atoms with E-state index in [2.05, 4.69) is 10.2 Å². The number of halogens is 1. The van der Waals surface area contributed by atoms with Gasteiger partial charge in [-0.15, -0.1) is 0 Å². The van der Waals surface area contributed by atoms with Crippen LogP contribution in [0.5, 0.6) is 0 Å². The summed E-state index contributed by atoms with van der Waals surface area (Å²) < 4.78 is 0. The second-order valence-corrected chi connectivity index (χ2v) is 3.95. The van der Waals surface area contributed by atoms with Gasteiger partial charge in [-0.25, -0.2) is 4.79 Å². The molecule has 2 rings (SSSR count). The lowest BCUT2D eigenvalue weighted by Gasteiger charge is -1.99. The first-order valence-electron chi connectivity index (χ1n) is 4.99. The number of azo groups is 1. The first-order chi connectivity index (χ1) is 8.15. The quantitative estimate of drug-likeness (QED) is 0.809. The molecule has 1 unspecified atom stereocenters. The number of aliphatic hydroxyl groups is 1. The molecule has 0 saturated carbocycles. The van der Waals surface area contributed by atoms with Crippen LogP contribution in [-0.4, -0.2) is 17.1 Å². The van der Waals surface area contributed by atoms with Gasteiger partial charge < -0.3 is 5.11 Å². The minimum atomic E-state index is -1.14. The van der Waals surface area contributed by atoms with Crippen LogP contribution in [0.1, 0.15) is 5.56 Å². The van der Waals surface area contributed by atoms with Crippen molar-refractivity contribution >= 4 is 23.6 Å². The molecule has 5 heteroatoms. The molecule has 17 heavy (non-hydrogen) atoms. The molecule has 0 aromatic heterocycles. The molecule has 0 radical (unpaired) electrons. The van der Waals surface area contributed by atoms with Crippen molar-refractivity contribution in [3.63, 3.8) is 0 Å². The maximum Gasteiger partial charge on any atom is 0.442 e. The van der Waals surface area contributed by atoms with Crippen LogP contribution in [0.15, 0.2) is 47.2 Å². The molecule has 2 N–H and O–H groups in total. The Morgan fingerprint density at radius 2 is 2.00 bits per heavy atom. The third-order valence-electron chi connectivity index (χ3n) is 2.21. The minimum Gasteiger partial charge on any atom is -0.375 e. The first kappa shape index (κ1) is 11.7. The van der Waals surface area contributed by atoms with Gasteiger partial charge in [0.05, 0.1) is 0 Å². The number of benzene rings is 1. The van der Waals surface area contributed by atoms with E-state index in [9.17, 15) is 9.90 Å². The maximum atomic E-state index is 10.9. The van der Waals surface area contributed by atoms with Gasteiger partial charge in [-0.1, -0.05) is 34.9 Å². The zero-order valence-corrected chi connectivity index (χ0v) is 9.56. The van der Waals surface area contributed by atoms with Crippen molar-refractivity contribution in [1.29, 1.82) is 0 Å². The number of nitrogens with zero attached hydrogens (tertiary/aromatic N) is 1. The minimum absolute atomic E-state index is 0.507. The highest BCUT2D eigenvalue weighted by atomic mass is 35.5. The van der Waals surface area contributed by atoms with Crippen molar-refractivity contribution < 1.29 is 15.0 Å². The van der Waals surface area contributed by atoms with Crippen LogP contribution >= 0.6 is 11.6 Å². The van der Waals surface area contributed by atoms with Gasteiger partial charge in [-0.05, 0) is 29.8 Å². The zero-order chi connectivity index (χ0) is 12.3. The molecule has 1 heterocycles. The van der Waals surface area contributed by atoms with Gasteiger partial charge in [0.2, 0.25) is 6.10 Å². The van der Waals surface area contributed by atoms with Gasteiger partial charge >= 0.3 is 5.91 Å². The van der Waals surface area contributed by atoms with Crippen molar-refractivity contribution in [3.05, 3.63) is 52.7 Å². The van der Waals surface area contributed by atoms with Gasteiger partial charge in [0, 0.05) is 10.1 Å². The average Bonchev–Trinajstić information content (AvgIpc) is 2.33. The van der Waals surface area contributed by atoms with Crippen LogP contribution in [0, 0.1) is 0 Å². The van der Waals surface area contributed by atoms with Crippen molar-refractivity contribution in [2.75, 3.05) is 0 Å². The molecular weight excluding hydrogens is 240 g/mol. The van der Waals surface area contributed by atoms with Crippen molar-refractivity contribution in [2.24, 2.45) is 5.11 Å². The van der Waals surface area contributed by atoms with E-state index in [1.54, 1.807) is 18.2 Å². The molecular formula is C12H10ClN2O2+. The molecule has 1 aliphatic rings. The number of aliphatic hydroxyl groups excluding tert-OH is 1. The Kier molecular flexibility index (Phi) is 3.46. The number of nitrogens with one attached hydrogen (secondary N) is 1. The van der Waals surface area contributed by atoms with Crippen molar-refractivity contribution in [3.8, 4) is 0 Å². The van der Waals surface area contributed by atoms with Gasteiger partial charge in [0.1, 0.15) is 5.70 Å². The van der Waals surface area contributed by atoms with E-state index in [1.807, 2.05) is 18.2 Å². The third-order valence-corrected chi connectivity index (χ3v) is 2.46. The fraction of sp³-hybridized carbons (Fsp3) is 0.0833. The first-order valence-corrected chi connectivity index (χ1v) is 5.37. The molecule has 1 amide bonds.